The maximum atomic E-state index is 13.4. The summed E-state index contributed by atoms with van der Waals surface area (Å²) in [4.78, 5) is 0. The lowest BCUT2D eigenvalue weighted by Crippen LogP contribution is -1.87. The van der Waals surface area contributed by atoms with E-state index in [1.165, 1.54) is 37.0 Å². The largest absolute Gasteiger partial charge is 0.207 e. The molecule has 0 saturated carbocycles. The van der Waals surface area contributed by atoms with E-state index < -0.39 is 11.6 Å². The van der Waals surface area contributed by atoms with Crippen molar-refractivity contribution in [3.63, 3.8) is 0 Å². The summed E-state index contributed by atoms with van der Waals surface area (Å²) < 4.78 is 26.2. The van der Waals surface area contributed by atoms with Crippen molar-refractivity contribution in [1.29, 1.82) is 0 Å². The van der Waals surface area contributed by atoms with Crippen molar-refractivity contribution in [3.05, 3.63) is 70.8 Å². The van der Waals surface area contributed by atoms with Crippen LogP contribution in [0.2, 0.25) is 0 Å². The Morgan fingerprint density at radius 3 is 2.33 bits per heavy atom. The molecule has 2 rings (SSSR count). The second-order valence-electron chi connectivity index (χ2n) is 5.03. The van der Waals surface area contributed by atoms with Crippen LogP contribution < -0.4 is 0 Å². The van der Waals surface area contributed by atoms with E-state index in [0.29, 0.717) is 0 Å². The summed E-state index contributed by atoms with van der Waals surface area (Å²) in [5.41, 5.74) is 2.34. The van der Waals surface area contributed by atoms with E-state index in [2.05, 4.69) is 30.9 Å². The molecule has 0 bridgehead atoms. The summed E-state index contributed by atoms with van der Waals surface area (Å²) in [6.45, 7) is 2.19. The zero-order valence-electron chi connectivity index (χ0n) is 12.1. The van der Waals surface area contributed by atoms with Crippen LogP contribution in [0.3, 0.4) is 0 Å². The van der Waals surface area contributed by atoms with Gasteiger partial charge < -0.3 is 0 Å². The highest BCUT2D eigenvalue weighted by Gasteiger charge is 2.00. The second-order valence-corrected chi connectivity index (χ2v) is 5.03. The molecule has 0 heterocycles. The second kappa shape index (κ2) is 7.59. The third kappa shape index (κ3) is 4.72. The zero-order valence-corrected chi connectivity index (χ0v) is 12.1. The predicted molar refractivity (Wildman–Crippen MR) is 82.0 cm³/mol. The molecule has 0 aliphatic heterocycles. The van der Waals surface area contributed by atoms with Crippen LogP contribution in [0.15, 0.2) is 42.5 Å². The zero-order chi connectivity index (χ0) is 15.1. The number of unbranched alkanes of at least 4 members (excludes halogenated alkanes) is 2. The topological polar surface area (TPSA) is 0 Å². The van der Waals surface area contributed by atoms with Crippen molar-refractivity contribution >= 4 is 0 Å². The lowest BCUT2D eigenvalue weighted by atomic mass is 10.1. The van der Waals surface area contributed by atoms with E-state index in [4.69, 9.17) is 0 Å². The highest BCUT2D eigenvalue weighted by atomic mass is 19.1. The molecule has 0 radical (unpaired) electrons. The smallest absolute Gasteiger partial charge is 0.141 e. The molecule has 0 fully saturated rings. The van der Waals surface area contributed by atoms with Crippen LogP contribution in [-0.4, -0.2) is 0 Å². The van der Waals surface area contributed by atoms with Crippen LogP contribution in [0.25, 0.3) is 0 Å². The Kier molecular flexibility index (Phi) is 5.51. The van der Waals surface area contributed by atoms with Crippen molar-refractivity contribution < 1.29 is 8.78 Å². The molecule has 21 heavy (non-hydrogen) atoms. The van der Waals surface area contributed by atoms with Gasteiger partial charge in [-0.1, -0.05) is 43.7 Å². The summed E-state index contributed by atoms with van der Waals surface area (Å²) in [6.07, 6.45) is 4.73. The van der Waals surface area contributed by atoms with Crippen LogP contribution in [0, 0.1) is 23.5 Å². The molecule has 108 valence electrons. The van der Waals surface area contributed by atoms with E-state index in [1.807, 2.05) is 12.1 Å². The van der Waals surface area contributed by atoms with Crippen LogP contribution in [0.4, 0.5) is 8.78 Å². The molecule has 0 aliphatic carbocycles. The quantitative estimate of drug-likeness (QED) is 0.541. The monoisotopic (exact) mass is 284 g/mol. The van der Waals surface area contributed by atoms with Gasteiger partial charge in [-0.3, -0.25) is 0 Å². The van der Waals surface area contributed by atoms with Gasteiger partial charge in [-0.2, -0.15) is 0 Å². The fourth-order valence-corrected chi connectivity index (χ4v) is 2.06. The summed E-state index contributed by atoms with van der Waals surface area (Å²) in [5, 5.41) is 0. The van der Waals surface area contributed by atoms with E-state index in [9.17, 15) is 8.78 Å². The standard InChI is InChI=1S/C19H18F2/c1-2-3-4-5-15-6-8-16(9-7-15)10-11-17-12-13-18(20)14-19(17)21/h6-9,12-14H,2-5H2,1H3. The first-order valence-electron chi connectivity index (χ1n) is 7.25. The molecular formula is C19H18F2. The Labute approximate surface area is 124 Å². The minimum Gasteiger partial charge on any atom is -0.207 e. The Balaban J connectivity index is 2.05. The van der Waals surface area contributed by atoms with Gasteiger partial charge in [-0.25, -0.2) is 8.78 Å². The summed E-state index contributed by atoms with van der Waals surface area (Å²) >= 11 is 0. The number of halogens is 2. The molecular weight excluding hydrogens is 266 g/mol. The van der Waals surface area contributed by atoms with Gasteiger partial charge in [0.1, 0.15) is 11.6 Å². The Hall–Kier alpha value is -2.14. The molecule has 0 nitrogen and oxygen atoms in total. The van der Waals surface area contributed by atoms with Gasteiger partial charge >= 0.3 is 0 Å². The normalized spacial score (nSPS) is 10.0. The van der Waals surface area contributed by atoms with Gasteiger partial charge in [0.05, 0.1) is 5.56 Å². The molecule has 0 amide bonds. The maximum absolute atomic E-state index is 13.4. The third-order valence-corrected chi connectivity index (χ3v) is 3.30. The Morgan fingerprint density at radius 1 is 0.905 bits per heavy atom. The summed E-state index contributed by atoms with van der Waals surface area (Å²) in [7, 11) is 0. The van der Waals surface area contributed by atoms with Gasteiger partial charge in [-0.05, 0) is 42.7 Å². The van der Waals surface area contributed by atoms with Crippen molar-refractivity contribution in [2.24, 2.45) is 0 Å². The number of benzene rings is 2. The molecule has 0 atom stereocenters. The van der Waals surface area contributed by atoms with E-state index in [0.717, 1.165) is 18.1 Å². The number of aryl methyl sites for hydroxylation is 1. The van der Waals surface area contributed by atoms with E-state index in [1.54, 1.807) is 0 Å². The van der Waals surface area contributed by atoms with Gasteiger partial charge in [0.25, 0.3) is 0 Å². The van der Waals surface area contributed by atoms with Crippen molar-refractivity contribution in [1.82, 2.24) is 0 Å². The minimum absolute atomic E-state index is 0.212. The van der Waals surface area contributed by atoms with Gasteiger partial charge in [-0.15, -0.1) is 0 Å². The lowest BCUT2D eigenvalue weighted by molar-refractivity contribution is 0.581. The van der Waals surface area contributed by atoms with Crippen molar-refractivity contribution in [2.45, 2.75) is 32.6 Å². The Bertz CT molecular complexity index is 646. The fraction of sp³-hybridized carbons (Fsp3) is 0.263. The molecule has 2 aromatic carbocycles. The van der Waals surface area contributed by atoms with Crippen molar-refractivity contribution in [3.8, 4) is 11.8 Å². The van der Waals surface area contributed by atoms with Gasteiger partial charge in [0.2, 0.25) is 0 Å². The SMILES string of the molecule is CCCCCc1ccc(C#Cc2ccc(F)cc2F)cc1. The molecule has 0 N–H and O–H groups in total. The third-order valence-electron chi connectivity index (χ3n) is 3.30. The molecule has 0 aromatic heterocycles. The van der Waals surface area contributed by atoms with E-state index in [-0.39, 0.29) is 5.56 Å². The molecule has 0 unspecified atom stereocenters. The molecule has 0 saturated heterocycles. The lowest BCUT2D eigenvalue weighted by Gasteiger charge is -2.00. The summed E-state index contributed by atoms with van der Waals surface area (Å²) in [5.74, 6) is 4.43. The first-order chi connectivity index (χ1) is 10.2. The molecule has 2 heteroatoms. The first-order valence-corrected chi connectivity index (χ1v) is 7.25. The van der Waals surface area contributed by atoms with Crippen LogP contribution in [0.1, 0.15) is 42.9 Å². The highest BCUT2D eigenvalue weighted by Crippen LogP contribution is 2.10. The van der Waals surface area contributed by atoms with Crippen LogP contribution >= 0.6 is 0 Å². The average Bonchev–Trinajstić information content (AvgIpc) is 2.48. The van der Waals surface area contributed by atoms with Crippen molar-refractivity contribution in [2.75, 3.05) is 0 Å². The number of hydrogen-bond donors (Lipinski definition) is 0. The van der Waals surface area contributed by atoms with Crippen LogP contribution in [-0.2, 0) is 6.42 Å². The Morgan fingerprint density at radius 2 is 1.67 bits per heavy atom. The fourth-order valence-electron chi connectivity index (χ4n) is 2.06. The van der Waals surface area contributed by atoms with Crippen LogP contribution in [0.5, 0.6) is 0 Å². The first kappa shape index (κ1) is 15.3. The minimum atomic E-state index is -0.626. The number of hydrogen-bond acceptors (Lipinski definition) is 0. The molecule has 0 aliphatic rings. The molecule has 2 aromatic rings. The number of rotatable bonds is 4. The predicted octanol–water partition coefficient (Wildman–Crippen LogP) is 5.10. The van der Waals surface area contributed by atoms with Gasteiger partial charge in [0.15, 0.2) is 0 Å². The average molecular weight is 284 g/mol. The van der Waals surface area contributed by atoms with Gasteiger partial charge in [0, 0.05) is 11.6 Å². The maximum Gasteiger partial charge on any atom is 0.141 e. The summed E-state index contributed by atoms with van der Waals surface area (Å²) in [6, 6.07) is 11.4. The molecule has 0 spiro atoms. The van der Waals surface area contributed by atoms with E-state index >= 15 is 0 Å². The highest BCUT2D eigenvalue weighted by molar-refractivity contribution is 5.44.